The predicted molar refractivity (Wildman–Crippen MR) is 66.1 cm³/mol. The summed E-state index contributed by atoms with van der Waals surface area (Å²) in [6.07, 6.45) is -4.73. The number of hydrogen-bond donors (Lipinski definition) is 1. The third kappa shape index (κ3) is 2.26. The summed E-state index contributed by atoms with van der Waals surface area (Å²) in [6.45, 7) is 0.756. The molecule has 1 N–H and O–H groups in total. The van der Waals surface area contributed by atoms with Crippen molar-refractivity contribution in [2.45, 2.75) is 18.7 Å². The minimum absolute atomic E-state index is 0.167. The van der Waals surface area contributed by atoms with Crippen molar-refractivity contribution in [3.8, 4) is 5.75 Å². The summed E-state index contributed by atoms with van der Waals surface area (Å²) in [5, 5.41) is 10.7. The van der Waals surface area contributed by atoms with Gasteiger partial charge in [-0.2, -0.15) is 13.2 Å². The maximum Gasteiger partial charge on any atom is 0.421 e. The Morgan fingerprint density at radius 1 is 1.11 bits per heavy atom. The van der Waals surface area contributed by atoms with E-state index in [0.717, 1.165) is 6.92 Å². The molecule has 102 valence electrons. The minimum atomic E-state index is -4.73. The van der Waals surface area contributed by atoms with Crippen molar-refractivity contribution in [1.29, 1.82) is 0 Å². The zero-order chi connectivity index (χ0) is 14.3. The van der Waals surface area contributed by atoms with Crippen LogP contribution in [-0.2, 0) is 5.60 Å². The molecule has 0 saturated heterocycles. The van der Waals surface area contributed by atoms with E-state index in [0.29, 0.717) is 16.5 Å². The fraction of sp³-hybridized carbons (Fsp3) is 0.286. The standard InChI is InChI=1S/C14H13F3O2/c1-13(18,14(15,16)17)12-5-3-4-9-8-10(19-2)6-7-11(9)12/h3-8,18H,1-2H3. The first-order valence-electron chi connectivity index (χ1n) is 5.63. The van der Waals surface area contributed by atoms with E-state index >= 15 is 0 Å². The highest BCUT2D eigenvalue weighted by atomic mass is 19.4. The average molecular weight is 270 g/mol. The van der Waals surface area contributed by atoms with Gasteiger partial charge in [0.25, 0.3) is 0 Å². The van der Waals surface area contributed by atoms with Crippen molar-refractivity contribution in [1.82, 2.24) is 0 Å². The normalized spacial score (nSPS) is 15.3. The van der Waals surface area contributed by atoms with Gasteiger partial charge in [0.15, 0.2) is 5.60 Å². The number of rotatable bonds is 2. The summed E-state index contributed by atoms with van der Waals surface area (Å²) in [7, 11) is 1.48. The summed E-state index contributed by atoms with van der Waals surface area (Å²) in [5.41, 5.74) is -3.05. The van der Waals surface area contributed by atoms with E-state index < -0.39 is 11.8 Å². The summed E-state index contributed by atoms with van der Waals surface area (Å²) in [5.74, 6) is 0.552. The lowest BCUT2D eigenvalue weighted by Gasteiger charge is -2.28. The third-order valence-corrected chi connectivity index (χ3v) is 3.16. The maximum absolute atomic E-state index is 12.9. The van der Waals surface area contributed by atoms with E-state index in [4.69, 9.17) is 4.74 Å². The number of fused-ring (bicyclic) bond motifs is 1. The Bertz CT molecular complexity index is 603. The molecule has 5 heteroatoms. The minimum Gasteiger partial charge on any atom is -0.497 e. The molecule has 0 aliphatic rings. The molecule has 1 unspecified atom stereocenters. The highest BCUT2D eigenvalue weighted by Gasteiger charge is 2.51. The fourth-order valence-electron chi connectivity index (χ4n) is 1.97. The van der Waals surface area contributed by atoms with E-state index in [1.54, 1.807) is 18.2 Å². The van der Waals surface area contributed by atoms with Crippen LogP contribution in [0.1, 0.15) is 12.5 Å². The molecule has 0 aliphatic heterocycles. The molecule has 0 spiro atoms. The van der Waals surface area contributed by atoms with Crippen LogP contribution < -0.4 is 4.74 Å². The molecule has 0 radical (unpaired) electrons. The molecule has 0 aliphatic carbocycles. The van der Waals surface area contributed by atoms with E-state index in [1.807, 2.05) is 0 Å². The first-order chi connectivity index (χ1) is 8.77. The van der Waals surface area contributed by atoms with Gasteiger partial charge in [-0.25, -0.2) is 0 Å². The molecule has 0 aromatic heterocycles. The van der Waals surface area contributed by atoms with Crippen LogP contribution in [0.5, 0.6) is 5.75 Å². The molecule has 1 atom stereocenters. The molecule has 19 heavy (non-hydrogen) atoms. The fourth-order valence-corrected chi connectivity index (χ4v) is 1.97. The van der Waals surface area contributed by atoms with Crippen LogP contribution in [0.25, 0.3) is 10.8 Å². The van der Waals surface area contributed by atoms with Crippen LogP contribution in [-0.4, -0.2) is 18.4 Å². The maximum atomic E-state index is 12.9. The number of halogens is 3. The van der Waals surface area contributed by atoms with Gasteiger partial charge in [-0.15, -0.1) is 0 Å². The summed E-state index contributed by atoms with van der Waals surface area (Å²) in [6, 6.07) is 9.15. The van der Waals surface area contributed by atoms with E-state index in [-0.39, 0.29) is 5.56 Å². The quantitative estimate of drug-likeness (QED) is 0.903. The Morgan fingerprint density at radius 2 is 1.79 bits per heavy atom. The van der Waals surface area contributed by atoms with Gasteiger partial charge in [0.05, 0.1) is 7.11 Å². The van der Waals surface area contributed by atoms with Crippen LogP contribution in [0.3, 0.4) is 0 Å². The van der Waals surface area contributed by atoms with Crippen molar-refractivity contribution >= 4 is 10.8 Å². The number of ether oxygens (including phenoxy) is 1. The molecular weight excluding hydrogens is 257 g/mol. The van der Waals surface area contributed by atoms with Gasteiger partial charge in [0, 0.05) is 5.56 Å². The molecule has 2 aromatic carbocycles. The lowest BCUT2D eigenvalue weighted by Crippen LogP contribution is -2.39. The largest absolute Gasteiger partial charge is 0.497 e. The predicted octanol–water partition coefficient (Wildman–Crippen LogP) is 3.62. The first kappa shape index (κ1) is 13.7. The molecule has 0 saturated carbocycles. The lowest BCUT2D eigenvalue weighted by atomic mass is 9.90. The monoisotopic (exact) mass is 270 g/mol. The Labute approximate surface area is 108 Å². The van der Waals surface area contributed by atoms with Crippen molar-refractivity contribution in [3.05, 3.63) is 42.0 Å². The van der Waals surface area contributed by atoms with Crippen LogP contribution in [0.15, 0.2) is 36.4 Å². The summed E-state index contributed by atoms with van der Waals surface area (Å²) < 4.78 is 43.8. The molecule has 0 amide bonds. The third-order valence-electron chi connectivity index (χ3n) is 3.16. The topological polar surface area (TPSA) is 29.5 Å². The van der Waals surface area contributed by atoms with E-state index in [9.17, 15) is 18.3 Å². The van der Waals surface area contributed by atoms with Gasteiger partial charge in [0.1, 0.15) is 5.75 Å². The molecule has 0 heterocycles. The van der Waals surface area contributed by atoms with Crippen LogP contribution >= 0.6 is 0 Å². The Balaban J connectivity index is 2.69. The van der Waals surface area contributed by atoms with Gasteiger partial charge in [-0.1, -0.05) is 24.3 Å². The molecular formula is C14H13F3O2. The summed E-state index contributed by atoms with van der Waals surface area (Å²) >= 11 is 0. The van der Waals surface area contributed by atoms with Gasteiger partial charge in [-0.3, -0.25) is 0 Å². The second-order valence-corrected chi connectivity index (χ2v) is 4.46. The molecule has 0 bridgehead atoms. The SMILES string of the molecule is COc1ccc2c(C(C)(O)C(F)(F)F)cccc2c1. The molecule has 2 aromatic rings. The van der Waals surface area contributed by atoms with Gasteiger partial charge < -0.3 is 9.84 Å². The second-order valence-electron chi connectivity index (χ2n) is 4.46. The number of alkyl halides is 3. The smallest absolute Gasteiger partial charge is 0.421 e. The highest BCUT2D eigenvalue weighted by Crippen LogP contribution is 2.41. The number of benzene rings is 2. The zero-order valence-electron chi connectivity index (χ0n) is 10.5. The Kier molecular flexibility index (Phi) is 3.18. The van der Waals surface area contributed by atoms with Crippen LogP contribution in [0, 0.1) is 0 Å². The van der Waals surface area contributed by atoms with Crippen molar-refractivity contribution in [3.63, 3.8) is 0 Å². The van der Waals surface area contributed by atoms with Crippen molar-refractivity contribution in [2.75, 3.05) is 7.11 Å². The number of hydrogen-bond acceptors (Lipinski definition) is 2. The average Bonchev–Trinajstić information content (AvgIpc) is 2.35. The van der Waals surface area contributed by atoms with Crippen molar-refractivity contribution < 1.29 is 23.0 Å². The Morgan fingerprint density at radius 3 is 2.37 bits per heavy atom. The van der Waals surface area contributed by atoms with Gasteiger partial charge >= 0.3 is 6.18 Å². The Hall–Kier alpha value is -1.75. The zero-order valence-corrected chi connectivity index (χ0v) is 10.5. The number of methoxy groups -OCH3 is 1. The van der Waals surface area contributed by atoms with E-state index in [1.165, 1.54) is 25.3 Å². The molecule has 2 nitrogen and oxygen atoms in total. The molecule has 0 fully saturated rings. The highest BCUT2D eigenvalue weighted by molar-refractivity contribution is 5.87. The van der Waals surface area contributed by atoms with E-state index in [2.05, 4.69) is 0 Å². The lowest BCUT2D eigenvalue weighted by molar-refractivity contribution is -0.258. The van der Waals surface area contributed by atoms with Crippen molar-refractivity contribution in [2.24, 2.45) is 0 Å². The van der Waals surface area contributed by atoms with Gasteiger partial charge in [-0.05, 0) is 29.8 Å². The second kappa shape index (κ2) is 4.42. The summed E-state index contributed by atoms with van der Waals surface area (Å²) in [4.78, 5) is 0. The van der Waals surface area contributed by atoms with Gasteiger partial charge in [0.2, 0.25) is 0 Å². The molecule has 2 rings (SSSR count). The van der Waals surface area contributed by atoms with Crippen LogP contribution in [0.4, 0.5) is 13.2 Å². The van der Waals surface area contributed by atoms with Crippen LogP contribution in [0.2, 0.25) is 0 Å². The number of aliphatic hydroxyl groups is 1. The first-order valence-corrected chi connectivity index (χ1v) is 5.63.